The van der Waals surface area contributed by atoms with Crippen molar-refractivity contribution in [1.29, 1.82) is 0 Å². The highest BCUT2D eigenvalue weighted by Gasteiger charge is 2.31. The van der Waals surface area contributed by atoms with Crippen molar-refractivity contribution in [3.8, 4) is 5.75 Å². The smallest absolute Gasteiger partial charge is 0.236 e. The van der Waals surface area contributed by atoms with Crippen molar-refractivity contribution in [2.24, 2.45) is 5.92 Å². The lowest BCUT2D eigenvalue weighted by Gasteiger charge is -2.36. The molecular formula is C27H34N4O3. The van der Waals surface area contributed by atoms with E-state index in [4.69, 9.17) is 0 Å². The molecule has 2 fully saturated rings. The highest BCUT2D eigenvalue weighted by Crippen LogP contribution is 2.24. The number of hydrogen-bond donors (Lipinski definition) is 2. The van der Waals surface area contributed by atoms with Gasteiger partial charge in [0.25, 0.3) is 0 Å². The molecule has 2 amide bonds. The van der Waals surface area contributed by atoms with Gasteiger partial charge in [-0.15, -0.1) is 0 Å². The number of phenolic OH excluding ortho intramolecular Hbond substituents is 1. The first-order chi connectivity index (χ1) is 16.3. The monoisotopic (exact) mass is 462 g/mol. The Morgan fingerprint density at radius 1 is 1.06 bits per heavy atom. The SMILES string of the molecule is C=C(C)c1ccc(N2CCN(C(=O)CN3CC[C@@H](C(=O)Nc4ccc(O)cc4C)C3)CC2)cc1. The van der Waals surface area contributed by atoms with Crippen LogP contribution >= 0.6 is 0 Å². The fraction of sp³-hybridized carbons (Fsp3) is 0.407. The Morgan fingerprint density at radius 2 is 1.76 bits per heavy atom. The summed E-state index contributed by atoms with van der Waals surface area (Å²) in [6.07, 6.45) is 0.740. The number of amides is 2. The molecule has 2 N–H and O–H groups in total. The maximum Gasteiger partial charge on any atom is 0.236 e. The fourth-order valence-corrected chi connectivity index (χ4v) is 4.68. The van der Waals surface area contributed by atoms with Crippen LogP contribution < -0.4 is 10.2 Å². The number of anilines is 2. The molecule has 2 heterocycles. The molecule has 0 bridgehead atoms. The first kappa shape index (κ1) is 23.8. The van der Waals surface area contributed by atoms with Gasteiger partial charge in [0.05, 0.1) is 12.5 Å². The van der Waals surface area contributed by atoms with Crippen molar-refractivity contribution < 1.29 is 14.7 Å². The molecule has 180 valence electrons. The third-order valence-electron chi connectivity index (χ3n) is 6.83. The molecule has 2 aliphatic heterocycles. The fourth-order valence-electron chi connectivity index (χ4n) is 4.68. The van der Waals surface area contributed by atoms with Crippen LogP contribution in [0, 0.1) is 12.8 Å². The highest BCUT2D eigenvalue weighted by molar-refractivity contribution is 5.93. The van der Waals surface area contributed by atoms with Crippen LogP contribution in [0.1, 0.15) is 24.5 Å². The van der Waals surface area contributed by atoms with Crippen molar-refractivity contribution >= 4 is 28.8 Å². The van der Waals surface area contributed by atoms with Gasteiger partial charge >= 0.3 is 0 Å². The van der Waals surface area contributed by atoms with E-state index in [1.807, 2.05) is 18.7 Å². The van der Waals surface area contributed by atoms with Crippen LogP contribution in [0.2, 0.25) is 0 Å². The zero-order chi connectivity index (χ0) is 24.2. The maximum absolute atomic E-state index is 12.9. The van der Waals surface area contributed by atoms with Gasteiger partial charge < -0.3 is 20.2 Å². The van der Waals surface area contributed by atoms with Gasteiger partial charge in [0.2, 0.25) is 11.8 Å². The Bertz CT molecular complexity index is 1060. The summed E-state index contributed by atoms with van der Waals surface area (Å²) >= 11 is 0. The van der Waals surface area contributed by atoms with E-state index in [1.165, 1.54) is 5.69 Å². The molecule has 1 atom stereocenters. The van der Waals surface area contributed by atoms with Crippen LogP contribution in [-0.2, 0) is 9.59 Å². The maximum atomic E-state index is 12.9. The third-order valence-corrected chi connectivity index (χ3v) is 6.83. The minimum absolute atomic E-state index is 0.0324. The van der Waals surface area contributed by atoms with Crippen molar-refractivity contribution in [3.05, 3.63) is 60.2 Å². The van der Waals surface area contributed by atoms with Crippen molar-refractivity contribution in [1.82, 2.24) is 9.80 Å². The number of benzene rings is 2. The molecule has 34 heavy (non-hydrogen) atoms. The highest BCUT2D eigenvalue weighted by atomic mass is 16.3. The number of carbonyl (C=O) groups excluding carboxylic acids is 2. The largest absolute Gasteiger partial charge is 0.508 e. The van der Waals surface area contributed by atoms with Gasteiger partial charge in [-0.1, -0.05) is 24.3 Å². The van der Waals surface area contributed by atoms with E-state index in [0.717, 1.165) is 42.8 Å². The van der Waals surface area contributed by atoms with Crippen LogP contribution in [0.25, 0.3) is 5.57 Å². The first-order valence-electron chi connectivity index (χ1n) is 11.9. The molecule has 7 nitrogen and oxygen atoms in total. The zero-order valence-corrected chi connectivity index (χ0v) is 20.1. The number of piperazine rings is 1. The van der Waals surface area contributed by atoms with E-state index < -0.39 is 0 Å². The lowest BCUT2D eigenvalue weighted by molar-refractivity contribution is -0.132. The molecule has 0 saturated carbocycles. The van der Waals surface area contributed by atoms with Crippen LogP contribution in [0.3, 0.4) is 0 Å². The standard InChI is InChI=1S/C27H34N4O3/c1-19(2)21-4-6-23(7-5-21)30-12-14-31(15-13-30)26(33)18-29-11-10-22(17-29)27(34)28-25-9-8-24(32)16-20(25)3/h4-9,16,22,32H,1,10-15,17-18H2,2-3H3,(H,28,34)/t22-/m1/s1. The summed E-state index contributed by atoms with van der Waals surface area (Å²) in [5.41, 5.74) is 4.91. The van der Waals surface area contributed by atoms with Crippen molar-refractivity contribution in [3.63, 3.8) is 0 Å². The summed E-state index contributed by atoms with van der Waals surface area (Å²) in [5, 5.41) is 12.5. The van der Waals surface area contributed by atoms with Gasteiger partial charge in [-0.05, 0) is 68.3 Å². The number of aromatic hydroxyl groups is 1. The molecular weight excluding hydrogens is 428 g/mol. The molecule has 2 saturated heterocycles. The molecule has 0 aliphatic carbocycles. The molecule has 7 heteroatoms. The van der Waals surface area contributed by atoms with Gasteiger partial charge in [0, 0.05) is 44.1 Å². The van der Waals surface area contributed by atoms with Gasteiger partial charge in [-0.3, -0.25) is 14.5 Å². The minimum Gasteiger partial charge on any atom is -0.508 e. The molecule has 2 aliphatic rings. The Labute approximate surface area is 201 Å². The molecule has 2 aromatic carbocycles. The lowest BCUT2D eigenvalue weighted by Crippen LogP contribution is -2.51. The van der Waals surface area contributed by atoms with E-state index in [2.05, 4.69) is 46.0 Å². The third kappa shape index (κ3) is 5.59. The average molecular weight is 463 g/mol. The normalized spacial score (nSPS) is 18.7. The van der Waals surface area contributed by atoms with Gasteiger partial charge in [-0.2, -0.15) is 0 Å². The number of hydrogen-bond acceptors (Lipinski definition) is 5. The summed E-state index contributed by atoms with van der Waals surface area (Å²) in [6.45, 7) is 12.6. The number of nitrogens with one attached hydrogen (secondary N) is 1. The number of allylic oxidation sites excluding steroid dienone is 1. The lowest BCUT2D eigenvalue weighted by atomic mass is 10.1. The zero-order valence-electron chi connectivity index (χ0n) is 20.1. The summed E-state index contributed by atoms with van der Waals surface area (Å²) in [5.74, 6) is 0.144. The molecule has 0 radical (unpaired) electrons. The molecule has 0 aromatic heterocycles. The number of nitrogens with zero attached hydrogens (tertiary/aromatic N) is 3. The molecule has 4 rings (SSSR count). The summed E-state index contributed by atoms with van der Waals surface area (Å²) < 4.78 is 0. The number of phenols is 1. The number of carbonyl (C=O) groups is 2. The van der Waals surface area contributed by atoms with E-state index >= 15 is 0 Å². The summed E-state index contributed by atoms with van der Waals surface area (Å²) in [7, 11) is 0. The Morgan fingerprint density at radius 3 is 2.41 bits per heavy atom. The first-order valence-corrected chi connectivity index (χ1v) is 11.9. The van der Waals surface area contributed by atoms with Crippen LogP contribution in [0.5, 0.6) is 5.75 Å². The molecule has 0 spiro atoms. The minimum atomic E-state index is -0.139. The molecule has 2 aromatic rings. The second-order valence-corrected chi connectivity index (χ2v) is 9.40. The Hall–Kier alpha value is -3.32. The van der Waals surface area contributed by atoms with E-state index in [9.17, 15) is 14.7 Å². The van der Waals surface area contributed by atoms with Gasteiger partial charge in [-0.25, -0.2) is 0 Å². The van der Waals surface area contributed by atoms with Crippen LogP contribution in [0.4, 0.5) is 11.4 Å². The predicted octanol–water partition coefficient (Wildman–Crippen LogP) is 3.34. The Kier molecular flexibility index (Phi) is 7.22. The van der Waals surface area contributed by atoms with Crippen molar-refractivity contribution in [2.45, 2.75) is 20.3 Å². The molecule has 0 unspecified atom stereocenters. The predicted molar refractivity (Wildman–Crippen MR) is 136 cm³/mol. The summed E-state index contributed by atoms with van der Waals surface area (Å²) in [4.78, 5) is 31.9. The average Bonchev–Trinajstić information content (AvgIpc) is 3.29. The van der Waals surface area contributed by atoms with E-state index in [1.54, 1.807) is 18.2 Å². The van der Waals surface area contributed by atoms with E-state index in [0.29, 0.717) is 31.9 Å². The van der Waals surface area contributed by atoms with Crippen molar-refractivity contribution in [2.75, 3.05) is 56.0 Å². The second-order valence-electron chi connectivity index (χ2n) is 9.40. The topological polar surface area (TPSA) is 76.1 Å². The number of rotatable bonds is 6. The number of aryl methyl sites for hydroxylation is 1. The van der Waals surface area contributed by atoms with Gasteiger partial charge in [0.1, 0.15) is 5.75 Å². The van der Waals surface area contributed by atoms with Crippen LogP contribution in [0.15, 0.2) is 49.0 Å². The summed E-state index contributed by atoms with van der Waals surface area (Å²) in [6, 6.07) is 13.3. The van der Waals surface area contributed by atoms with E-state index in [-0.39, 0.29) is 23.5 Å². The number of likely N-dealkylation sites (tertiary alicyclic amines) is 1. The quantitative estimate of drug-likeness (QED) is 0.644. The van der Waals surface area contributed by atoms with Gasteiger partial charge in [0.15, 0.2) is 0 Å². The Balaban J connectivity index is 1.23. The van der Waals surface area contributed by atoms with Crippen LogP contribution in [-0.4, -0.2) is 72.5 Å². The second kappa shape index (κ2) is 10.3.